The number of fused-ring (bicyclic) bond motifs is 1. The van der Waals surface area contributed by atoms with E-state index in [1.165, 1.54) is 20.3 Å². The second kappa shape index (κ2) is 4.78. The average molecular weight is 236 g/mol. The average Bonchev–Trinajstić information content (AvgIpc) is 2.83. The molecule has 1 aliphatic rings. The van der Waals surface area contributed by atoms with Crippen LogP contribution in [0.15, 0.2) is 12.1 Å². The number of rotatable bonds is 4. The standard InChI is InChI=1S/C12H12O5/c1-14-9-6-8(4-3-5-13)10(15-2)12-11(9)16-7-17-12/h3-6H,7H2,1-2H3/b4-3+. The molecule has 5 nitrogen and oxygen atoms in total. The Kier molecular flexibility index (Phi) is 3.18. The third-order valence-corrected chi connectivity index (χ3v) is 2.37. The molecule has 1 aromatic rings. The van der Waals surface area contributed by atoms with Crippen LogP contribution in [0.3, 0.4) is 0 Å². The van der Waals surface area contributed by atoms with Crippen LogP contribution in [0.25, 0.3) is 6.08 Å². The van der Waals surface area contributed by atoms with Crippen LogP contribution < -0.4 is 18.9 Å². The van der Waals surface area contributed by atoms with Gasteiger partial charge in [0, 0.05) is 5.56 Å². The minimum absolute atomic E-state index is 0.128. The number of hydrogen-bond acceptors (Lipinski definition) is 5. The van der Waals surface area contributed by atoms with E-state index in [9.17, 15) is 4.79 Å². The summed E-state index contributed by atoms with van der Waals surface area (Å²) in [5.41, 5.74) is 0.695. The molecule has 0 saturated carbocycles. The second-order valence-corrected chi connectivity index (χ2v) is 3.26. The monoisotopic (exact) mass is 236 g/mol. The summed E-state index contributed by atoms with van der Waals surface area (Å²) < 4.78 is 21.1. The Morgan fingerprint density at radius 2 is 2.00 bits per heavy atom. The van der Waals surface area contributed by atoms with Crippen molar-refractivity contribution in [1.29, 1.82) is 0 Å². The molecule has 0 atom stereocenters. The predicted octanol–water partition coefficient (Wildman–Crippen LogP) is 1.64. The van der Waals surface area contributed by atoms with Gasteiger partial charge in [0.1, 0.15) is 6.29 Å². The second-order valence-electron chi connectivity index (χ2n) is 3.26. The maximum absolute atomic E-state index is 10.4. The smallest absolute Gasteiger partial charge is 0.231 e. The molecular formula is C12H12O5. The van der Waals surface area contributed by atoms with Crippen molar-refractivity contribution >= 4 is 12.4 Å². The zero-order valence-electron chi connectivity index (χ0n) is 9.56. The summed E-state index contributed by atoms with van der Waals surface area (Å²) in [6.45, 7) is 0.128. The highest BCUT2D eigenvalue weighted by Crippen LogP contribution is 2.49. The number of ether oxygens (including phenoxy) is 4. The summed E-state index contributed by atoms with van der Waals surface area (Å²) >= 11 is 0. The Labute approximate surface area is 98.5 Å². The van der Waals surface area contributed by atoms with E-state index >= 15 is 0 Å². The van der Waals surface area contributed by atoms with Gasteiger partial charge in [-0.1, -0.05) is 0 Å². The summed E-state index contributed by atoms with van der Waals surface area (Å²) in [4.78, 5) is 10.4. The Morgan fingerprint density at radius 1 is 1.24 bits per heavy atom. The van der Waals surface area contributed by atoms with E-state index < -0.39 is 0 Å². The molecule has 0 unspecified atom stereocenters. The lowest BCUT2D eigenvalue weighted by molar-refractivity contribution is -0.104. The number of carbonyl (C=O) groups is 1. The minimum atomic E-state index is 0.128. The molecule has 17 heavy (non-hydrogen) atoms. The van der Waals surface area contributed by atoms with Gasteiger partial charge in [-0.05, 0) is 18.2 Å². The zero-order valence-corrected chi connectivity index (χ0v) is 9.56. The number of hydrogen-bond donors (Lipinski definition) is 0. The predicted molar refractivity (Wildman–Crippen MR) is 60.8 cm³/mol. The van der Waals surface area contributed by atoms with Crippen LogP contribution in [0.4, 0.5) is 0 Å². The Morgan fingerprint density at radius 3 is 2.65 bits per heavy atom. The number of allylic oxidation sites excluding steroid dienone is 1. The molecule has 90 valence electrons. The molecule has 0 aromatic heterocycles. The van der Waals surface area contributed by atoms with Crippen LogP contribution in [0, 0.1) is 0 Å². The molecule has 0 fully saturated rings. The lowest BCUT2D eigenvalue weighted by atomic mass is 10.1. The summed E-state index contributed by atoms with van der Waals surface area (Å²) in [6, 6.07) is 1.73. The first-order valence-corrected chi connectivity index (χ1v) is 4.98. The van der Waals surface area contributed by atoms with Crippen LogP contribution in [-0.4, -0.2) is 27.3 Å². The summed E-state index contributed by atoms with van der Waals surface area (Å²) in [5, 5.41) is 0. The zero-order chi connectivity index (χ0) is 12.3. The van der Waals surface area contributed by atoms with E-state index in [1.54, 1.807) is 12.1 Å². The van der Waals surface area contributed by atoms with E-state index in [2.05, 4.69) is 0 Å². The van der Waals surface area contributed by atoms with E-state index in [-0.39, 0.29) is 6.79 Å². The lowest BCUT2D eigenvalue weighted by Crippen LogP contribution is -1.94. The molecule has 0 bridgehead atoms. The van der Waals surface area contributed by atoms with Crippen LogP contribution >= 0.6 is 0 Å². The SMILES string of the molecule is COc1cc(/C=C/C=O)c(OC)c2c1OCO2. The minimum Gasteiger partial charge on any atom is -0.493 e. The summed E-state index contributed by atoms with van der Waals surface area (Å²) in [6.07, 6.45) is 3.69. The van der Waals surface area contributed by atoms with Gasteiger partial charge in [-0.15, -0.1) is 0 Å². The number of carbonyl (C=O) groups excluding carboxylic acids is 1. The van der Waals surface area contributed by atoms with Crippen LogP contribution in [0.5, 0.6) is 23.0 Å². The lowest BCUT2D eigenvalue weighted by Gasteiger charge is -2.11. The van der Waals surface area contributed by atoms with Crippen molar-refractivity contribution in [3.8, 4) is 23.0 Å². The highest BCUT2D eigenvalue weighted by molar-refractivity contribution is 5.79. The molecule has 0 amide bonds. The van der Waals surface area contributed by atoms with Crippen LogP contribution in [0.1, 0.15) is 5.56 Å². The van der Waals surface area contributed by atoms with E-state index in [4.69, 9.17) is 18.9 Å². The van der Waals surface area contributed by atoms with Crippen molar-refractivity contribution in [3.05, 3.63) is 17.7 Å². The topological polar surface area (TPSA) is 54.0 Å². The fourth-order valence-corrected chi connectivity index (χ4v) is 1.66. The van der Waals surface area contributed by atoms with E-state index in [0.717, 1.165) is 0 Å². The van der Waals surface area contributed by atoms with Gasteiger partial charge >= 0.3 is 0 Å². The Balaban J connectivity index is 2.58. The van der Waals surface area contributed by atoms with Crippen molar-refractivity contribution < 1.29 is 23.7 Å². The van der Waals surface area contributed by atoms with Gasteiger partial charge in [-0.3, -0.25) is 4.79 Å². The van der Waals surface area contributed by atoms with E-state index in [0.29, 0.717) is 34.8 Å². The molecule has 1 heterocycles. The summed E-state index contributed by atoms with van der Waals surface area (Å²) in [5.74, 6) is 2.09. The fourth-order valence-electron chi connectivity index (χ4n) is 1.66. The fraction of sp³-hybridized carbons (Fsp3) is 0.250. The summed E-state index contributed by atoms with van der Waals surface area (Å²) in [7, 11) is 3.07. The number of methoxy groups -OCH3 is 2. The van der Waals surface area contributed by atoms with Crippen molar-refractivity contribution in [2.45, 2.75) is 0 Å². The number of benzene rings is 1. The largest absolute Gasteiger partial charge is 0.493 e. The van der Waals surface area contributed by atoms with Gasteiger partial charge < -0.3 is 18.9 Å². The molecule has 2 rings (SSSR count). The molecule has 0 radical (unpaired) electrons. The highest BCUT2D eigenvalue weighted by atomic mass is 16.7. The Hall–Kier alpha value is -2.17. The molecular weight excluding hydrogens is 224 g/mol. The quantitative estimate of drug-likeness (QED) is 0.587. The molecule has 0 N–H and O–H groups in total. The van der Waals surface area contributed by atoms with Crippen molar-refractivity contribution in [3.63, 3.8) is 0 Å². The molecule has 5 heteroatoms. The van der Waals surface area contributed by atoms with Crippen molar-refractivity contribution in [2.75, 3.05) is 21.0 Å². The molecule has 0 spiro atoms. The van der Waals surface area contributed by atoms with Gasteiger partial charge in [0.25, 0.3) is 0 Å². The maximum atomic E-state index is 10.4. The van der Waals surface area contributed by atoms with Gasteiger partial charge in [-0.25, -0.2) is 0 Å². The van der Waals surface area contributed by atoms with Crippen molar-refractivity contribution in [2.24, 2.45) is 0 Å². The normalized spacial score (nSPS) is 12.8. The first kappa shape index (κ1) is 11.3. The van der Waals surface area contributed by atoms with Gasteiger partial charge in [0.2, 0.25) is 18.3 Å². The molecule has 1 aromatic carbocycles. The van der Waals surface area contributed by atoms with Crippen LogP contribution in [-0.2, 0) is 4.79 Å². The van der Waals surface area contributed by atoms with E-state index in [1.807, 2.05) is 0 Å². The van der Waals surface area contributed by atoms with Gasteiger partial charge in [-0.2, -0.15) is 0 Å². The first-order valence-electron chi connectivity index (χ1n) is 4.98. The van der Waals surface area contributed by atoms with Crippen molar-refractivity contribution in [1.82, 2.24) is 0 Å². The molecule has 0 saturated heterocycles. The highest BCUT2D eigenvalue weighted by Gasteiger charge is 2.26. The Bertz CT molecular complexity index is 464. The maximum Gasteiger partial charge on any atom is 0.231 e. The van der Waals surface area contributed by atoms with Crippen LogP contribution in [0.2, 0.25) is 0 Å². The third-order valence-electron chi connectivity index (χ3n) is 2.37. The third kappa shape index (κ3) is 1.91. The molecule has 1 aliphatic heterocycles. The first-order chi connectivity index (χ1) is 8.31. The van der Waals surface area contributed by atoms with Gasteiger partial charge in [0.05, 0.1) is 14.2 Å². The molecule has 0 aliphatic carbocycles. The van der Waals surface area contributed by atoms with Gasteiger partial charge in [0.15, 0.2) is 11.5 Å². The number of aldehydes is 1.